The van der Waals surface area contributed by atoms with Crippen molar-refractivity contribution in [3.05, 3.63) is 0 Å². The summed E-state index contributed by atoms with van der Waals surface area (Å²) in [6.45, 7) is 5.79. The molecular weight excluding hydrogens is 222 g/mol. The van der Waals surface area contributed by atoms with Gasteiger partial charge in [0.1, 0.15) is 5.54 Å². The average molecular weight is 245 g/mol. The van der Waals surface area contributed by atoms with Crippen LogP contribution in [-0.4, -0.2) is 51.1 Å². The van der Waals surface area contributed by atoms with E-state index in [0.717, 1.165) is 12.8 Å². The zero-order valence-corrected chi connectivity index (χ0v) is 11.0. The quantitative estimate of drug-likeness (QED) is 0.479. The number of carbonyl (C=O) groups excluding carboxylic acids is 1. The van der Waals surface area contributed by atoms with E-state index in [-0.39, 0.29) is 5.97 Å². The molecule has 0 saturated heterocycles. The smallest absolute Gasteiger partial charge is 0.328 e. The van der Waals surface area contributed by atoms with Gasteiger partial charge in [-0.2, -0.15) is 0 Å². The zero-order valence-electron chi connectivity index (χ0n) is 11.0. The topological polar surface area (TPSA) is 56.8 Å². The van der Waals surface area contributed by atoms with Crippen molar-refractivity contribution >= 4 is 5.97 Å². The Kier molecular flexibility index (Phi) is 5.88. The largest absolute Gasteiger partial charge is 0.468 e. The Morgan fingerprint density at radius 2 is 2.00 bits per heavy atom. The van der Waals surface area contributed by atoms with Gasteiger partial charge in [-0.05, 0) is 26.7 Å². The Morgan fingerprint density at radius 3 is 2.53 bits per heavy atom. The number of carbonyl (C=O) groups is 1. The average Bonchev–Trinajstić information content (AvgIpc) is 3.11. The number of esters is 1. The van der Waals surface area contributed by atoms with E-state index in [1.807, 2.05) is 13.8 Å². The molecule has 0 spiro atoms. The fourth-order valence-electron chi connectivity index (χ4n) is 1.60. The Hall–Kier alpha value is -0.650. The lowest BCUT2D eigenvalue weighted by Gasteiger charge is -2.27. The van der Waals surface area contributed by atoms with Crippen molar-refractivity contribution in [1.82, 2.24) is 5.32 Å². The summed E-state index contributed by atoms with van der Waals surface area (Å²) in [4.78, 5) is 11.7. The third kappa shape index (κ3) is 5.02. The third-order valence-corrected chi connectivity index (χ3v) is 2.70. The molecule has 0 radical (unpaired) electrons. The lowest BCUT2D eigenvalue weighted by molar-refractivity contribution is -0.151. The first kappa shape index (κ1) is 14.4. The summed E-state index contributed by atoms with van der Waals surface area (Å²) in [5.41, 5.74) is -0.748. The Balaban J connectivity index is 2.31. The van der Waals surface area contributed by atoms with Gasteiger partial charge in [0.05, 0.1) is 26.9 Å². The van der Waals surface area contributed by atoms with Crippen LogP contribution in [0.15, 0.2) is 0 Å². The summed E-state index contributed by atoms with van der Waals surface area (Å²) in [5, 5.41) is 3.27. The maximum atomic E-state index is 11.7. The van der Waals surface area contributed by atoms with Gasteiger partial charge in [0.2, 0.25) is 0 Å². The molecule has 5 heteroatoms. The molecule has 1 saturated carbocycles. The fourth-order valence-corrected chi connectivity index (χ4v) is 1.60. The first-order valence-electron chi connectivity index (χ1n) is 6.14. The maximum absolute atomic E-state index is 11.7. The van der Waals surface area contributed by atoms with Crippen LogP contribution in [0.5, 0.6) is 0 Å². The molecule has 1 aliphatic rings. The SMILES string of the molecule is CCOCCOCC(C)(NC1CC1)C(=O)OC. The number of ether oxygens (including phenoxy) is 3. The van der Waals surface area contributed by atoms with Gasteiger partial charge in [-0.3, -0.25) is 5.32 Å². The van der Waals surface area contributed by atoms with Gasteiger partial charge in [-0.15, -0.1) is 0 Å². The van der Waals surface area contributed by atoms with Gasteiger partial charge >= 0.3 is 5.97 Å². The maximum Gasteiger partial charge on any atom is 0.328 e. The Labute approximate surface area is 103 Å². The van der Waals surface area contributed by atoms with E-state index in [9.17, 15) is 4.79 Å². The normalized spacial score (nSPS) is 18.8. The molecule has 1 N–H and O–H groups in total. The van der Waals surface area contributed by atoms with E-state index in [2.05, 4.69) is 5.32 Å². The Morgan fingerprint density at radius 1 is 1.35 bits per heavy atom. The molecule has 17 heavy (non-hydrogen) atoms. The monoisotopic (exact) mass is 245 g/mol. The summed E-state index contributed by atoms with van der Waals surface area (Å²) in [6.07, 6.45) is 2.23. The van der Waals surface area contributed by atoms with Crippen molar-refractivity contribution in [3.8, 4) is 0 Å². The molecule has 5 nitrogen and oxygen atoms in total. The molecule has 0 aromatic heterocycles. The van der Waals surface area contributed by atoms with E-state index in [0.29, 0.717) is 32.5 Å². The molecule has 0 amide bonds. The predicted molar refractivity (Wildman–Crippen MR) is 63.9 cm³/mol. The molecule has 1 atom stereocenters. The van der Waals surface area contributed by atoms with E-state index < -0.39 is 5.54 Å². The molecule has 0 bridgehead atoms. The minimum absolute atomic E-state index is 0.277. The van der Waals surface area contributed by atoms with Crippen molar-refractivity contribution in [2.24, 2.45) is 0 Å². The van der Waals surface area contributed by atoms with Crippen LogP contribution in [0.25, 0.3) is 0 Å². The van der Waals surface area contributed by atoms with Crippen LogP contribution in [0.2, 0.25) is 0 Å². The van der Waals surface area contributed by atoms with Gasteiger partial charge in [-0.1, -0.05) is 0 Å². The van der Waals surface area contributed by atoms with Crippen molar-refractivity contribution in [2.75, 3.05) is 33.5 Å². The van der Waals surface area contributed by atoms with Gasteiger partial charge in [0.25, 0.3) is 0 Å². The highest BCUT2D eigenvalue weighted by Gasteiger charge is 2.39. The van der Waals surface area contributed by atoms with Crippen LogP contribution in [0, 0.1) is 0 Å². The summed E-state index contributed by atoms with van der Waals surface area (Å²) in [5.74, 6) is -0.277. The molecule has 1 rings (SSSR count). The van der Waals surface area contributed by atoms with E-state index in [4.69, 9.17) is 14.2 Å². The third-order valence-electron chi connectivity index (χ3n) is 2.70. The minimum Gasteiger partial charge on any atom is -0.468 e. The zero-order chi connectivity index (χ0) is 12.7. The summed E-state index contributed by atoms with van der Waals surface area (Å²) < 4.78 is 15.4. The molecule has 0 aromatic rings. The second-order valence-electron chi connectivity index (χ2n) is 4.49. The molecular formula is C12H23NO4. The van der Waals surface area contributed by atoms with Crippen molar-refractivity contribution in [3.63, 3.8) is 0 Å². The second kappa shape index (κ2) is 6.93. The highest BCUT2D eigenvalue weighted by molar-refractivity contribution is 5.80. The molecule has 0 aromatic carbocycles. The van der Waals surface area contributed by atoms with Gasteiger partial charge in [0, 0.05) is 12.6 Å². The summed E-state index contributed by atoms with van der Waals surface area (Å²) in [6, 6.07) is 0.426. The Bertz CT molecular complexity index is 243. The van der Waals surface area contributed by atoms with Crippen LogP contribution in [-0.2, 0) is 19.0 Å². The number of hydrogen-bond donors (Lipinski definition) is 1. The number of methoxy groups -OCH3 is 1. The molecule has 0 aliphatic heterocycles. The van der Waals surface area contributed by atoms with Crippen LogP contribution in [0.1, 0.15) is 26.7 Å². The van der Waals surface area contributed by atoms with Crippen LogP contribution >= 0.6 is 0 Å². The minimum atomic E-state index is -0.748. The standard InChI is InChI=1S/C12H23NO4/c1-4-16-7-8-17-9-12(2,11(14)15-3)13-10-5-6-10/h10,13H,4-9H2,1-3H3. The lowest BCUT2D eigenvalue weighted by Crippen LogP contribution is -2.54. The lowest BCUT2D eigenvalue weighted by atomic mass is 10.0. The molecule has 1 fully saturated rings. The highest BCUT2D eigenvalue weighted by atomic mass is 16.5. The van der Waals surface area contributed by atoms with Crippen molar-refractivity contribution < 1.29 is 19.0 Å². The van der Waals surface area contributed by atoms with Gasteiger partial charge in [-0.25, -0.2) is 4.79 Å². The molecule has 1 aliphatic carbocycles. The number of nitrogens with one attached hydrogen (secondary N) is 1. The first-order valence-corrected chi connectivity index (χ1v) is 6.14. The van der Waals surface area contributed by atoms with Gasteiger partial charge < -0.3 is 14.2 Å². The fraction of sp³-hybridized carbons (Fsp3) is 0.917. The highest BCUT2D eigenvalue weighted by Crippen LogP contribution is 2.23. The molecule has 1 unspecified atom stereocenters. The molecule has 0 heterocycles. The van der Waals surface area contributed by atoms with Crippen LogP contribution in [0.3, 0.4) is 0 Å². The summed E-state index contributed by atoms with van der Waals surface area (Å²) >= 11 is 0. The van der Waals surface area contributed by atoms with E-state index in [1.54, 1.807) is 0 Å². The summed E-state index contributed by atoms with van der Waals surface area (Å²) in [7, 11) is 1.40. The number of hydrogen-bond acceptors (Lipinski definition) is 5. The van der Waals surface area contributed by atoms with Crippen LogP contribution < -0.4 is 5.32 Å². The van der Waals surface area contributed by atoms with Gasteiger partial charge in [0.15, 0.2) is 0 Å². The molecule has 100 valence electrons. The van der Waals surface area contributed by atoms with E-state index >= 15 is 0 Å². The number of rotatable bonds is 9. The van der Waals surface area contributed by atoms with Crippen molar-refractivity contribution in [2.45, 2.75) is 38.3 Å². The van der Waals surface area contributed by atoms with E-state index in [1.165, 1.54) is 7.11 Å². The first-order chi connectivity index (χ1) is 8.12. The van der Waals surface area contributed by atoms with Crippen LogP contribution in [0.4, 0.5) is 0 Å². The predicted octanol–water partition coefficient (Wildman–Crippen LogP) is 0.723. The van der Waals surface area contributed by atoms with Crippen molar-refractivity contribution in [1.29, 1.82) is 0 Å². The second-order valence-corrected chi connectivity index (χ2v) is 4.49.